The van der Waals surface area contributed by atoms with Gasteiger partial charge in [0, 0.05) is 29.7 Å². The van der Waals surface area contributed by atoms with Gasteiger partial charge in [-0.15, -0.1) is 0 Å². The van der Waals surface area contributed by atoms with Crippen LogP contribution in [-0.2, 0) is 10.2 Å². The normalized spacial score (nSPS) is 26.4. The molecule has 1 aromatic rings. The van der Waals surface area contributed by atoms with Crippen LogP contribution in [0.4, 0.5) is 0 Å². The van der Waals surface area contributed by atoms with Crippen LogP contribution in [0.15, 0.2) is 18.2 Å². The number of carbonyl (C=O) groups excluding carboxylic acids is 1. The van der Waals surface area contributed by atoms with Crippen LogP contribution in [0.25, 0.3) is 0 Å². The van der Waals surface area contributed by atoms with E-state index in [9.17, 15) is 9.90 Å². The zero-order chi connectivity index (χ0) is 20.6. The summed E-state index contributed by atoms with van der Waals surface area (Å²) < 4.78 is 6.35. The Bertz CT molecular complexity index is 725. The molecule has 1 aliphatic carbocycles. The van der Waals surface area contributed by atoms with Gasteiger partial charge in [-0.3, -0.25) is 4.79 Å². The van der Waals surface area contributed by atoms with E-state index < -0.39 is 11.2 Å². The second kappa shape index (κ2) is 8.10. The van der Waals surface area contributed by atoms with E-state index in [2.05, 4.69) is 48.0 Å². The SMILES string of the molecule is CC(C)(CCCCCCBr)c1ccc2c(c1)OC(C)(C)[C@@]1(O)CCC(=O)C[C@H]21. The molecule has 1 N–H and O–H groups in total. The number of carbonyl (C=O) groups is 1. The molecule has 0 spiro atoms. The van der Waals surface area contributed by atoms with Crippen molar-refractivity contribution in [2.24, 2.45) is 0 Å². The topological polar surface area (TPSA) is 46.5 Å². The minimum atomic E-state index is -0.986. The summed E-state index contributed by atoms with van der Waals surface area (Å²) in [6.07, 6.45) is 7.47. The van der Waals surface area contributed by atoms with Crippen molar-refractivity contribution in [3.05, 3.63) is 29.3 Å². The van der Waals surface area contributed by atoms with E-state index in [0.29, 0.717) is 19.3 Å². The number of hydrogen-bond donors (Lipinski definition) is 1. The molecule has 1 fully saturated rings. The predicted molar refractivity (Wildman–Crippen MR) is 118 cm³/mol. The Kier molecular flexibility index (Phi) is 6.32. The maximum absolute atomic E-state index is 12.1. The fraction of sp³-hybridized carbons (Fsp3) is 0.708. The lowest BCUT2D eigenvalue weighted by molar-refractivity contribution is -0.166. The van der Waals surface area contributed by atoms with E-state index in [1.165, 1.54) is 31.2 Å². The molecule has 1 saturated carbocycles. The van der Waals surface area contributed by atoms with Gasteiger partial charge in [0.15, 0.2) is 0 Å². The van der Waals surface area contributed by atoms with Gasteiger partial charge in [0.2, 0.25) is 0 Å². The van der Waals surface area contributed by atoms with Crippen LogP contribution in [0, 0.1) is 0 Å². The van der Waals surface area contributed by atoms with Gasteiger partial charge >= 0.3 is 0 Å². The van der Waals surface area contributed by atoms with Gasteiger partial charge in [-0.1, -0.05) is 61.2 Å². The van der Waals surface area contributed by atoms with Crippen molar-refractivity contribution in [3.8, 4) is 5.75 Å². The van der Waals surface area contributed by atoms with Crippen molar-refractivity contribution in [1.29, 1.82) is 0 Å². The molecule has 0 amide bonds. The summed E-state index contributed by atoms with van der Waals surface area (Å²) in [7, 11) is 0. The number of fused-ring (bicyclic) bond motifs is 3. The maximum atomic E-state index is 12.1. The number of Topliss-reactive ketones (excluding diaryl/α,β-unsaturated/α-hetero) is 1. The number of aliphatic hydroxyl groups is 1. The zero-order valence-electron chi connectivity index (χ0n) is 17.8. The molecule has 2 aliphatic rings. The van der Waals surface area contributed by atoms with E-state index >= 15 is 0 Å². The first kappa shape index (κ1) is 21.8. The highest BCUT2D eigenvalue weighted by Gasteiger charge is 2.57. The van der Waals surface area contributed by atoms with Gasteiger partial charge in [-0.25, -0.2) is 0 Å². The highest BCUT2D eigenvalue weighted by molar-refractivity contribution is 9.09. The van der Waals surface area contributed by atoms with Crippen LogP contribution in [0.3, 0.4) is 0 Å². The monoisotopic (exact) mass is 450 g/mol. The Morgan fingerprint density at radius 3 is 2.64 bits per heavy atom. The Morgan fingerprint density at radius 2 is 1.93 bits per heavy atom. The lowest BCUT2D eigenvalue weighted by atomic mass is 9.62. The molecule has 156 valence electrons. The van der Waals surface area contributed by atoms with E-state index in [1.807, 2.05) is 13.8 Å². The van der Waals surface area contributed by atoms with E-state index in [0.717, 1.165) is 23.1 Å². The van der Waals surface area contributed by atoms with E-state index in [-0.39, 0.29) is 17.1 Å². The van der Waals surface area contributed by atoms with Crippen molar-refractivity contribution in [2.45, 2.75) is 102 Å². The van der Waals surface area contributed by atoms with Crippen LogP contribution in [-0.4, -0.2) is 27.4 Å². The van der Waals surface area contributed by atoms with Crippen LogP contribution in [0.2, 0.25) is 0 Å². The second-order valence-corrected chi connectivity index (χ2v) is 10.6. The maximum Gasteiger partial charge on any atom is 0.133 e. The predicted octanol–water partition coefficient (Wildman–Crippen LogP) is 6.05. The van der Waals surface area contributed by atoms with Gasteiger partial charge < -0.3 is 9.84 Å². The Morgan fingerprint density at radius 1 is 1.21 bits per heavy atom. The second-order valence-electron chi connectivity index (χ2n) is 9.82. The minimum Gasteiger partial charge on any atom is -0.485 e. The number of benzene rings is 1. The quantitative estimate of drug-likeness (QED) is 0.406. The Hall–Kier alpha value is -0.870. The average molecular weight is 451 g/mol. The van der Waals surface area contributed by atoms with Gasteiger partial charge in [-0.05, 0) is 50.2 Å². The van der Waals surface area contributed by atoms with E-state index in [4.69, 9.17) is 4.74 Å². The van der Waals surface area contributed by atoms with Gasteiger partial charge in [-0.2, -0.15) is 0 Å². The highest BCUT2D eigenvalue weighted by Crippen LogP contribution is 2.54. The van der Waals surface area contributed by atoms with Crippen LogP contribution < -0.4 is 4.74 Å². The summed E-state index contributed by atoms with van der Waals surface area (Å²) in [5.41, 5.74) is 0.652. The largest absolute Gasteiger partial charge is 0.485 e. The molecule has 28 heavy (non-hydrogen) atoms. The molecule has 0 saturated heterocycles. The molecule has 0 radical (unpaired) electrons. The van der Waals surface area contributed by atoms with Crippen molar-refractivity contribution >= 4 is 21.7 Å². The summed E-state index contributed by atoms with van der Waals surface area (Å²) in [4.78, 5) is 12.1. The first-order valence-electron chi connectivity index (χ1n) is 10.7. The molecule has 1 heterocycles. The minimum absolute atomic E-state index is 0.0765. The number of hydrogen-bond acceptors (Lipinski definition) is 3. The number of rotatable bonds is 7. The van der Waals surface area contributed by atoms with Gasteiger partial charge in [0.05, 0.1) is 0 Å². The molecule has 0 bridgehead atoms. The summed E-state index contributed by atoms with van der Waals surface area (Å²) in [6.45, 7) is 8.52. The Labute approximate surface area is 178 Å². The van der Waals surface area contributed by atoms with Crippen molar-refractivity contribution in [3.63, 3.8) is 0 Å². The third-order valence-electron chi connectivity index (χ3n) is 7.06. The third-order valence-corrected chi connectivity index (χ3v) is 7.62. The standard InChI is InChI=1S/C24H35BrO3/c1-22(2,12-7-5-6-8-14-25)17-9-10-19-20-16-18(26)11-13-24(20,27)23(3,4)28-21(19)15-17/h9-10,15,20,27H,5-8,11-14,16H2,1-4H3/t20-,24-/m1/s1. The smallest absolute Gasteiger partial charge is 0.133 e. The molecule has 1 aliphatic heterocycles. The number of alkyl halides is 1. The summed E-state index contributed by atoms with van der Waals surface area (Å²) >= 11 is 3.50. The average Bonchev–Trinajstić information content (AvgIpc) is 2.62. The molecule has 0 unspecified atom stereocenters. The lowest BCUT2D eigenvalue weighted by Gasteiger charge is -2.53. The summed E-state index contributed by atoms with van der Waals surface area (Å²) in [6, 6.07) is 6.44. The van der Waals surface area contributed by atoms with Crippen LogP contribution in [0.1, 0.15) is 96.1 Å². The number of halogens is 1. The molecule has 2 atom stereocenters. The number of ketones is 1. The molecular formula is C24H35BrO3. The molecule has 1 aromatic carbocycles. The first-order chi connectivity index (χ1) is 13.1. The zero-order valence-corrected chi connectivity index (χ0v) is 19.4. The third kappa shape index (κ3) is 4.05. The highest BCUT2D eigenvalue weighted by atomic mass is 79.9. The fourth-order valence-electron chi connectivity index (χ4n) is 4.94. The number of unbranched alkanes of at least 4 members (excludes halogenated alkanes) is 3. The summed E-state index contributed by atoms with van der Waals surface area (Å²) in [5, 5.41) is 12.5. The molecule has 4 heteroatoms. The molecule has 3 rings (SSSR count). The van der Waals surface area contributed by atoms with Gasteiger partial charge in [0.1, 0.15) is 22.7 Å². The number of ether oxygens (including phenoxy) is 1. The van der Waals surface area contributed by atoms with Crippen molar-refractivity contribution in [2.75, 3.05) is 5.33 Å². The fourth-order valence-corrected chi connectivity index (χ4v) is 5.34. The molecular weight excluding hydrogens is 416 g/mol. The van der Waals surface area contributed by atoms with Crippen molar-refractivity contribution in [1.82, 2.24) is 0 Å². The first-order valence-corrected chi connectivity index (χ1v) is 11.9. The van der Waals surface area contributed by atoms with Gasteiger partial charge in [0.25, 0.3) is 0 Å². The van der Waals surface area contributed by atoms with E-state index in [1.54, 1.807) is 0 Å². The lowest BCUT2D eigenvalue weighted by Crippen LogP contribution is -2.62. The van der Waals surface area contributed by atoms with Crippen molar-refractivity contribution < 1.29 is 14.6 Å². The summed E-state index contributed by atoms with van der Waals surface area (Å²) in [5.74, 6) is 0.916. The molecule has 3 nitrogen and oxygen atoms in total. The molecule has 0 aromatic heterocycles. The van der Waals surface area contributed by atoms with Crippen LogP contribution >= 0.6 is 15.9 Å². The Balaban J connectivity index is 1.84. The van der Waals surface area contributed by atoms with Crippen LogP contribution in [0.5, 0.6) is 5.75 Å².